The highest BCUT2D eigenvalue weighted by atomic mass is 79.9. The number of rotatable bonds is 2. The zero-order valence-electron chi connectivity index (χ0n) is 18.7. The highest BCUT2D eigenvalue weighted by Gasteiger charge is 2.55. The third-order valence-corrected chi connectivity index (χ3v) is 7.47. The maximum atomic E-state index is 12.2. The minimum absolute atomic E-state index is 0.0371. The summed E-state index contributed by atoms with van der Waals surface area (Å²) in [6.45, 7) is 12.6. The van der Waals surface area contributed by atoms with Gasteiger partial charge in [-0.05, 0) is 82.7 Å². The number of hydrogen-bond acceptors (Lipinski definition) is 5. The summed E-state index contributed by atoms with van der Waals surface area (Å²) in [5.41, 5.74) is 0.325. The number of anilines is 1. The lowest BCUT2D eigenvalue weighted by molar-refractivity contribution is -0.0929. The van der Waals surface area contributed by atoms with Crippen molar-refractivity contribution in [2.75, 3.05) is 24.5 Å². The standard InChI is InChI=1S/C22H32BrN5O2/c1-20(2,3)30-19(29)26-13-22(14-26)10-15(11-22)28-16(12-24)17(23)18(25-28)27-9-7-6-8-21(27,4)5/h15H,6-11,13-14H2,1-5H3. The molecule has 1 spiro atoms. The average Bonchev–Trinajstić information content (AvgIpc) is 2.86. The van der Waals surface area contributed by atoms with Gasteiger partial charge in [-0.15, -0.1) is 0 Å². The van der Waals surface area contributed by atoms with Crippen LogP contribution in [0.1, 0.15) is 78.5 Å². The molecule has 2 saturated heterocycles. The molecule has 1 aromatic heterocycles. The molecule has 1 aliphatic carbocycles. The van der Waals surface area contributed by atoms with E-state index in [0.29, 0.717) is 5.69 Å². The molecular weight excluding hydrogens is 446 g/mol. The SMILES string of the molecule is CC(C)(C)OC(=O)N1CC2(CC(n3nc(N4CCCCC4(C)C)c(Br)c3C#N)C2)C1. The summed E-state index contributed by atoms with van der Waals surface area (Å²) in [7, 11) is 0. The van der Waals surface area contributed by atoms with Gasteiger partial charge in [-0.1, -0.05) is 0 Å². The molecule has 7 nitrogen and oxygen atoms in total. The molecule has 1 aromatic rings. The van der Waals surface area contributed by atoms with Gasteiger partial charge in [-0.2, -0.15) is 10.4 Å². The molecule has 0 unspecified atom stereocenters. The Labute approximate surface area is 187 Å². The van der Waals surface area contributed by atoms with Crippen LogP contribution in [0.2, 0.25) is 0 Å². The fourth-order valence-electron chi connectivity index (χ4n) is 5.19. The van der Waals surface area contributed by atoms with Gasteiger partial charge in [0.25, 0.3) is 0 Å². The quantitative estimate of drug-likeness (QED) is 0.607. The van der Waals surface area contributed by atoms with Gasteiger partial charge in [0.2, 0.25) is 0 Å². The average molecular weight is 478 g/mol. The lowest BCUT2D eigenvalue weighted by Crippen LogP contribution is -2.64. The number of aromatic nitrogens is 2. The summed E-state index contributed by atoms with van der Waals surface area (Å²) in [6.07, 6.45) is 5.16. The number of hydrogen-bond donors (Lipinski definition) is 0. The molecule has 0 bridgehead atoms. The van der Waals surface area contributed by atoms with E-state index in [2.05, 4.69) is 40.7 Å². The summed E-state index contributed by atoms with van der Waals surface area (Å²) < 4.78 is 8.20. The summed E-state index contributed by atoms with van der Waals surface area (Å²) in [6, 6.07) is 2.57. The molecular formula is C22H32BrN5O2. The van der Waals surface area contributed by atoms with Crippen molar-refractivity contribution in [1.82, 2.24) is 14.7 Å². The van der Waals surface area contributed by atoms with Gasteiger partial charge in [0.05, 0.1) is 10.5 Å². The van der Waals surface area contributed by atoms with Gasteiger partial charge in [0.1, 0.15) is 11.7 Å². The first kappa shape index (κ1) is 21.5. The van der Waals surface area contributed by atoms with Gasteiger partial charge in [-0.3, -0.25) is 0 Å². The first-order valence-corrected chi connectivity index (χ1v) is 11.7. The summed E-state index contributed by atoms with van der Waals surface area (Å²) >= 11 is 3.67. The van der Waals surface area contributed by atoms with Crippen LogP contribution >= 0.6 is 15.9 Å². The van der Waals surface area contributed by atoms with Crippen LogP contribution in [0.4, 0.5) is 10.6 Å². The number of carbonyl (C=O) groups excluding carboxylic acids is 1. The second-order valence-corrected chi connectivity index (χ2v) is 11.7. The molecule has 3 heterocycles. The molecule has 3 aliphatic rings. The number of ether oxygens (including phenoxy) is 1. The van der Waals surface area contributed by atoms with Gasteiger partial charge in [-0.25, -0.2) is 9.48 Å². The van der Waals surface area contributed by atoms with Crippen molar-refractivity contribution in [1.29, 1.82) is 5.26 Å². The van der Waals surface area contributed by atoms with Crippen LogP contribution in [-0.4, -0.2) is 51.5 Å². The third kappa shape index (κ3) is 3.70. The van der Waals surface area contributed by atoms with E-state index >= 15 is 0 Å². The lowest BCUT2D eigenvalue weighted by atomic mass is 9.61. The van der Waals surface area contributed by atoms with Crippen LogP contribution in [0.5, 0.6) is 0 Å². The molecule has 0 N–H and O–H groups in total. The molecule has 164 valence electrons. The topological polar surface area (TPSA) is 74.4 Å². The predicted molar refractivity (Wildman–Crippen MR) is 118 cm³/mol. The van der Waals surface area contributed by atoms with Crippen LogP contribution in [0, 0.1) is 16.7 Å². The maximum absolute atomic E-state index is 12.2. The number of carbonyl (C=O) groups is 1. The molecule has 0 aromatic carbocycles. The Hall–Kier alpha value is -1.75. The van der Waals surface area contributed by atoms with E-state index < -0.39 is 5.60 Å². The van der Waals surface area contributed by atoms with Gasteiger partial charge in [0.15, 0.2) is 11.5 Å². The van der Waals surface area contributed by atoms with E-state index in [0.717, 1.165) is 55.6 Å². The predicted octanol–water partition coefficient (Wildman–Crippen LogP) is 4.86. The lowest BCUT2D eigenvalue weighted by Gasteiger charge is -2.58. The highest BCUT2D eigenvalue weighted by molar-refractivity contribution is 9.10. The van der Waals surface area contributed by atoms with E-state index in [4.69, 9.17) is 9.84 Å². The molecule has 1 saturated carbocycles. The Morgan fingerprint density at radius 2 is 1.93 bits per heavy atom. The number of nitriles is 1. The van der Waals surface area contributed by atoms with Crippen molar-refractivity contribution in [3.05, 3.63) is 10.2 Å². The Morgan fingerprint density at radius 1 is 1.27 bits per heavy atom. The van der Waals surface area contributed by atoms with Crippen molar-refractivity contribution in [2.24, 2.45) is 5.41 Å². The number of amides is 1. The van der Waals surface area contributed by atoms with Crippen LogP contribution < -0.4 is 4.90 Å². The van der Waals surface area contributed by atoms with E-state index in [9.17, 15) is 10.1 Å². The monoisotopic (exact) mass is 477 g/mol. The molecule has 0 atom stereocenters. The number of piperidine rings is 1. The minimum Gasteiger partial charge on any atom is -0.444 e. The molecule has 1 amide bonds. The van der Waals surface area contributed by atoms with Gasteiger partial charge in [0, 0.05) is 30.6 Å². The van der Waals surface area contributed by atoms with E-state index in [-0.39, 0.29) is 23.1 Å². The zero-order valence-corrected chi connectivity index (χ0v) is 20.3. The molecule has 30 heavy (non-hydrogen) atoms. The second kappa shape index (κ2) is 7.15. The molecule has 4 rings (SSSR count). The molecule has 0 radical (unpaired) electrons. The van der Waals surface area contributed by atoms with Crippen molar-refractivity contribution < 1.29 is 9.53 Å². The number of likely N-dealkylation sites (tertiary alicyclic amines) is 1. The van der Waals surface area contributed by atoms with Crippen LogP contribution in [0.25, 0.3) is 0 Å². The summed E-state index contributed by atoms with van der Waals surface area (Å²) in [5.74, 6) is 0.890. The maximum Gasteiger partial charge on any atom is 0.410 e. The Bertz CT molecular complexity index is 881. The fourth-order valence-corrected chi connectivity index (χ4v) is 5.75. The minimum atomic E-state index is -0.469. The number of halogens is 1. The van der Waals surface area contributed by atoms with Crippen LogP contribution in [0.15, 0.2) is 4.47 Å². The van der Waals surface area contributed by atoms with Crippen molar-refractivity contribution >= 4 is 27.8 Å². The summed E-state index contributed by atoms with van der Waals surface area (Å²) in [5, 5.41) is 14.7. The van der Waals surface area contributed by atoms with E-state index in [1.165, 1.54) is 6.42 Å². The van der Waals surface area contributed by atoms with Gasteiger partial charge < -0.3 is 14.5 Å². The first-order valence-electron chi connectivity index (χ1n) is 10.9. The third-order valence-electron chi connectivity index (χ3n) is 6.74. The Morgan fingerprint density at radius 3 is 2.50 bits per heavy atom. The molecule has 8 heteroatoms. The van der Waals surface area contributed by atoms with Crippen molar-refractivity contribution in [3.8, 4) is 6.07 Å². The zero-order chi connectivity index (χ0) is 21.9. The Balaban J connectivity index is 1.45. The first-order chi connectivity index (χ1) is 13.9. The number of nitrogens with zero attached hydrogens (tertiary/aromatic N) is 5. The van der Waals surface area contributed by atoms with Gasteiger partial charge >= 0.3 is 6.09 Å². The smallest absolute Gasteiger partial charge is 0.410 e. The van der Waals surface area contributed by atoms with E-state index in [1.54, 1.807) is 4.90 Å². The molecule has 2 aliphatic heterocycles. The van der Waals surface area contributed by atoms with Crippen LogP contribution in [0.3, 0.4) is 0 Å². The fraction of sp³-hybridized carbons (Fsp3) is 0.773. The largest absolute Gasteiger partial charge is 0.444 e. The summed E-state index contributed by atoms with van der Waals surface area (Å²) in [4.78, 5) is 16.4. The Kier molecular flexibility index (Phi) is 5.12. The van der Waals surface area contributed by atoms with Crippen LogP contribution in [-0.2, 0) is 4.74 Å². The normalized spacial score (nSPS) is 23.0. The second-order valence-electron chi connectivity index (χ2n) is 10.9. The van der Waals surface area contributed by atoms with E-state index in [1.807, 2.05) is 25.5 Å². The highest BCUT2D eigenvalue weighted by Crippen LogP contribution is 2.55. The molecule has 3 fully saturated rings. The van der Waals surface area contributed by atoms with Crippen molar-refractivity contribution in [2.45, 2.75) is 83.9 Å². The van der Waals surface area contributed by atoms with Crippen molar-refractivity contribution in [3.63, 3.8) is 0 Å².